The van der Waals surface area contributed by atoms with E-state index in [4.69, 9.17) is 14.2 Å². The SMILES string of the molecule is C=C1CC=CC(C)(O)CC(OC(=O)C(C)=CC)C2C(=C)C(=O)OC2C1OC(C)=O. The molecule has 1 heterocycles. The van der Waals surface area contributed by atoms with Gasteiger partial charge in [-0.05, 0) is 32.8 Å². The minimum atomic E-state index is -1.32. The Bertz CT molecular complexity index is 787. The van der Waals surface area contributed by atoms with Gasteiger partial charge in [0.05, 0.1) is 11.5 Å². The fourth-order valence-electron chi connectivity index (χ4n) is 3.50. The van der Waals surface area contributed by atoms with E-state index in [0.29, 0.717) is 17.6 Å². The number of hydrogen-bond acceptors (Lipinski definition) is 7. The van der Waals surface area contributed by atoms with E-state index in [9.17, 15) is 19.5 Å². The smallest absolute Gasteiger partial charge is 0.334 e. The molecule has 1 fully saturated rings. The van der Waals surface area contributed by atoms with Crippen molar-refractivity contribution in [2.75, 3.05) is 0 Å². The molecule has 0 spiro atoms. The number of ether oxygens (including phenoxy) is 3. The second-order valence-electron chi connectivity index (χ2n) is 7.69. The molecule has 1 aliphatic heterocycles. The summed E-state index contributed by atoms with van der Waals surface area (Å²) in [7, 11) is 0. The number of hydrogen-bond donors (Lipinski definition) is 1. The standard InChI is InChI=1S/C22H28O7/c1-7-12(2)20(24)28-16-11-22(6,26)10-8-9-13(3)18(27-15(5)23)19-17(16)14(4)21(25)29-19/h7-8,10,16-19,26H,3-4,9,11H2,1-2,5-6H3. The Balaban J connectivity index is 2.55. The first-order valence-corrected chi connectivity index (χ1v) is 9.45. The van der Waals surface area contributed by atoms with Crippen LogP contribution < -0.4 is 0 Å². The van der Waals surface area contributed by atoms with Gasteiger partial charge in [0.15, 0.2) is 12.2 Å². The maximum Gasteiger partial charge on any atom is 0.334 e. The van der Waals surface area contributed by atoms with Gasteiger partial charge in [-0.15, -0.1) is 0 Å². The summed E-state index contributed by atoms with van der Waals surface area (Å²) in [6.45, 7) is 13.9. The van der Waals surface area contributed by atoms with Gasteiger partial charge >= 0.3 is 17.9 Å². The molecule has 158 valence electrons. The zero-order chi connectivity index (χ0) is 21.9. The van der Waals surface area contributed by atoms with Gasteiger partial charge in [-0.1, -0.05) is 31.4 Å². The minimum absolute atomic E-state index is 0.00231. The van der Waals surface area contributed by atoms with E-state index in [-0.39, 0.29) is 12.0 Å². The van der Waals surface area contributed by atoms with Crippen molar-refractivity contribution in [1.82, 2.24) is 0 Å². The highest BCUT2D eigenvalue weighted by Crippen LogP contribution is 2.40. The molecule has 1 aliphatic carbocycles. The van der Waals surface area contributed by atoms with Crippen LogP contribution in [-0.2, 0) is 28.6 Å². The van der Waals surface area contributed by atoms with Crippen molar-refractivity contribution in [3.63, 3.8) is 0 Å². The molecule has 2 aliphatic rings. The van der Waals surface area contributed by atoms with Crippen LogP contribution in [0, 0.1) is 5.92 Å². The Kier molecular flexibility index (Phi) is 6.85. The Morgan fingerprint density at radius 1 is 1.31 bits per heavy atom. The predicted molar refractivity (Wildman–Crippen MR) is 106 cm³/mol. The van der Waals surface area contributed by atoms with Crippen LogP contribution in [-0.4, -0.2) is 46.9 Å². The molecule has 0 bridgehead atoms. The van der Waals surface area contributed by atoms with Gasteiger partial charge in [0.2, 0.25) is 0 Å². The number of fused-ring (bicyclic) bond motifs is 1. The molecule has 0 aromatic heterocycles. The summed E-state index contributed by atoms with van der Waals surface area (Å²) in [5, 5.41) is 10.8. The van der Waals surface area contributed by atoms with Gasteiger partial charge in [-0.3, -0.25) is 4.79 Å². The predicted octanol–water partition coefficient (Wildman–Crippen LogP) is 2.55. The molecule has 5 unspecified atom stereocenters. The Morgan fingerprint density at radius 3 is 2.55 bits per heavy atom. The van der Waals surface area contributed by atoms with E-state index in [1.165, 1.54) is 6.92 Å². The van der Waals surface area contributed by atoms with Crippen LogP contribution in [0.4, 0.5) is 0 Å². The molecule has 0 saturated carbocycles. The number of esters is 3. The van der Waals surface area contributed by atoms with Crippen molar-refractivity contribution >= 4 is 17.9 Å². The molecule has 0 aromatic carbocycles. The molecule has 0 aromatic rings. The van der Waals surface area contributed by atoms with E-state index in [0.717, 1.165) is 0 Å². The highest BCUT2D eigenvalue weighted by atomic mass is 16.6. The van der Waals surface area contributed by atoms with Crippen LogP contribution in [0.5, 0.6) is 0 Å². The third kappa shape index (κ3) is 5.23. The van der Waals surface area contributed by atoms with Gasteiger partial charge in [0, 0.05) is 24.5 Å². The summed E-state index contributed by atoms with van der Waals surface area (Å²) < 4.78 is 16.6. The van der Waals surface area contributed by atoms with Crippen LogP contribution in [0.25, 0.3) is 0 Å². The number of rotatable bonds is 3. The highest BCUT2D eigenvalue weighted by molar-refractivity contribution is 5.92. The zero-order valence-corrected chi connectivity index (χ0v) is 17.3. The van der Waals surface area contributed by atoms with Crippen molar-refractivity contribution in [3.05, 3.63) is 48.1 Å². The summed E-state index contributed by atoms with van der Waals surface area (Å²) in [6, 6.07) is 0. The van der Waals surface area contributed by atoms with Crippen LogP contribution in [0.15, 0.2) is 48.1 Å². The van der Waals surface area contributed by atoms with Crippen molar-refractivity contribution < 1.29 is 33.7 Å². The van der Waals surface area contributed by atoms with Crippen LogP contribution in [0.3, 0.4) is 0 Å². The molecule has 1 saturated heterocycles. The largest absolute Gasteiger partial charge is 0.458 e. The van der Waals surface area contributed by atoms with E-state index in [2.05, 4.69) is 13.2 Å². The average molecular weight is 404 g/mol. The maximum absolute atomic E-state index is 12.5. The molecule has 0 radical (unpaired) electrons. The van der Waals surface area contributed by atoms with Crippen molar-refractivity contribution in [2.45, 2.75) is 64.4 Å². The summed E-state index contributed by atoms with van der Waals surface area (Å²) in [5.74, 6) is -2.62. The van der Waals surface area contributed by atoms with E-state index in [1.54, 1.807) is 39.0 Å². The van der Waals surface area contributed by atoms with Crippen molar-refractivity contribution in [1.29, 1.82) is 0 Å². The topological polar surface area (TPSA) is 99.1 Å². The first-order valence-electron chi connectivity index (χ1n) is 9.45. The molecule has 2 rings (SSSR count). The summed E-state index contributed by atoms with van der Waals surface area (Å²) in [4.78, 5) is 36.5. The molecule has 7 nitrogen and oxygen atoms in total. The molecular weight excluding hydrogens is 376 g/mol. The Labute approximate surface area is 170 Å². The van der Waals surface area contributed by atoms with Crippen LogP contribution in [0.1, 0.15) is 40.5 Å². The third-order valence-electron chi connectivity index (χ3n) is 5.14. The number of aliphatic hydroxyl groups is 1. The quantitative estimate of drug-likeness (QED) is 0.334. The van der Waals surface area contributed by atoms with Gasteiger partial charge in [0.25, 0.3) is 0 Å². The zero-order valence-electron chi connectivity index (χ0n) is 17.3. The first kappa shape index (κ1) is 22.6. The van der Waals surface area contributed by atoms with Gasteiger partial charge in [-0.25, -0.2) is 9.59 Å². The number of allylic oxidation sites excluding steroid dienone is 2. The fraction of sp³-hybridized carbons (Fsp3) is 0.500. The number of carbonyl (C=O) groups is 3. The summed E-state index contributed by atoms with van der Waals surface area (Å²) in [5.41, 5.74) is -0.358. The second kappa shape index (κ2) is 8.78. The molecular formula is C22H28O7. The molecule has 1 N–H and O–H groups in total. The average Bonchev–Trinajstić information content (AvgIpc) is 2.91. The maximum atomic E-state index is 12.5. The normalized spacial score (nSPS) is 33.0. The summed E-state index contributed by atoms with van der Waals surface area (Å²) in [6.07, 6.45) is 2.35. The Hall–Kier alpha value is -2.67. The van der Waals surface area contributed by atoms with Crippen LogP contribution >= 0.6 is 0 Å². The van der Waals surface area contributed by atoms with Gasteiger partial charge in [-0.2, -0.15) is 0 Å². The fourth-order valence-corrected chi connectivity index (χ4v) is 3.50. The molecule has 0 amide bonds. The van der Waals surface area contributed by atoms with Gasteiger partial charge in [0.1, 0.15) is 6.10 Å². The highest BCUT2D eigenvalue weighted by Gasteiger charge is 2.51. The van der Waals surface area contributed by atoms with E-state index in [1.807, 2.05) is 0 Å². The lowest BCUT2D eigenvalue weighted by molar-refractivity contribution is -0.163. The lowest BCUT2D eigenvalue weighted by atomic mass is 9.80. The lowest BCUT2D eigenvalue weighted by Gasteiger charge is -2.35. The number of carbonyl (C=O) groups excluding carboxylic acids is 3. The van der Waals surface area contributed by atoms with Crippen LogP contribution in [0.2, 0.25) is 0 Å². The Morgan fingerprint density at radius 2 is 1.97 bits per heavy atom. The molecule has 7 heteroatoms. The van der Waals surface area contributed by atoms with Crippen molar-refractivity contribution in [2.24, 2.45) is 5.92 Å². The second-order valence-corrected chi connectivity index (χ2v) is 7.69. The van der Waals surface area contributed by atoms with E-state index < -0.39 is 47.7 Å². The van der Waals surface area contributed by atoms with Crippen molar-refractivity contribution in [3.8, 4) is 0 Å². The third-order valence-corrected chi connectivity index (χ3v) is 5.14. The first-order chi connectivity index (χ1) is 13.5. The van der Waals surface area contributed by atoms with Gasteiger partial charge < -0.3 is 19.3 Å². The van der Waals surface area contributed by atoms with E-state index >= 15 is 0 Å². The lowest BCUT2D eigenvalue weighted by Crippen LogP contribution is -2.45. The molecule has 5 atom stereocenters. The molecule has 29 heavy (non-hydrogen) atoms. The summed E-state index contributed by atoms with van der Waals surface area (Å²) >= 11 is 0. The minimum Gasteiger partial charge on any atom is -0.458 e. The monoisotopic (exact) mass is 404 g/mol.